The Balaban J connectivity index is 1.60. The molecule has 0 radical (unpaired) electrons. The van der Waals surface area contributed by atoms with Gasteiger partial charge in [0.25, 0.3) is 0 Å². The van der Waals surface area contributed by atoms with E-state index >= 15 is 0 Å². The number of pyridine rings is 1. The highest BCUT2D eigenvalue weighted by Gasteiger charge is 2.42. The molecule has 196 valence electrons. The average Bonchev–Trinajstić information content (AvgIpc) is 3.49. The molecule has 4 aromatic carbocycles. The number of anilines is 2. The minimum absolute atomic E-state index is 0.121. The lowest BCUT2D eigenvalue weighted by Crippen LogP contribution is -2.34. The Morgan fingerprint density at radius 3 is 2.05 bits per heavy atom. The summed E-state index contributed by atoms with van der Waals surface area (Å²) in [5.41, 5.74) is 12.3. The monoisotopic (exact) mass is 521 g/mol. The van der Waals surface area contributed by atoms with Crippen molar-refractivity contribution < 1.29 is 4.42 Å². The van der Waals surface area contributed by atoms with Crippen LogP contribution in [-0.4, -0.2) is 4.98 Å². The van der Waals surface area contributed by atoms with E-state index in [9.17, 15) is 0 Å². The van der Waals surface area contributed by atoms with Gasteiger partial charge < -0.3 is 14.2 Å². The third-order valence-corrected chi connectivity index (χ3v) is 8.15. The van der Waals surface area contributed by atoms with Crippen molar-refractivity contribution in [1.29, 1.82) is 0 Å². The van der Waals surface area contributed by atoms with Crippen molar-refractivity contribution in [3.63, 3.8) is 0 Å². The quantitative estimate of drug-likeness (QED) is 0.231. The number of aromatic nitrogens is 1. The van der Waals surface area contributed by atoms with Crippen LogP contribution in [-0.2, 0) is 0 Å². The van der Waals surface area contributed by atoms with Crippen molar-refractivity contribution in [2.45, 2.75) is 33.9 Å². The Morgan fingerprint density at radius 2 is 1.32 bits per heavy atom. The summed E-state index contributed by atoms with van der Waals surface area (Å²) in [5.74, 6) is 0. The Hall–Kier alpha value is -4.83. The smallest absolute Gasteiger partial charge is 0.227 e. The van der Waals surface area contributed by atoms with Gasteiger partial charge in [0.2, 0.25) is 5.71 Å². The molecule has 1 aliphatic rings. The highest BCUT2D eigenvalue weighted by atomic mass is 16.3. The third-order valence-electron chi connectivity index (χ3n) is 8.15. The third kappa shape index (κ3) is 3.64. The van der Waals surface area contributed by atoms with E-state index in [1.165, 1.54) is 33.6 Å². The second-order valence-corrected chi connectivity index (χ2v) is 10.6. The van der Waals surface area contributed by atoms with E-state index in [0.29, 0.717) is 5.71 Å². The maximum Gasteiger partial charge on any atom is 0.227 e. The molecule has 1 atom stereocenters. The fourth-order valence-electron chi connectivity index (χ4n) is 6.35. The van der Waals surface area contributed by atoms with Crippen LogP contribution >= 0.6 is 0 Å². The summed E-state index contributed by atoms with van der Waals surface area (Å²) in [6, 6.07) is 36.5. The molecule has 0 saturated carbocycles. The normalized spacial score (nSPS) is 15.6. The molecule has 0 saturated heterocycles. The number of furan rings is 1. The van der Waals surface area contributed by atoms with Gasteiger partial charge in [-0.1, -0.05) is 78.9 Å². The summed E-state index contributed by atoms with van der Waals surface area (Å²) < 4.78 is 6.56. The second-order valence-electron chi connectivity index (χ2n) is 10.6. The van der Waals surface area contributed by atoms with E-state index in [4.69, 9.17) is 4.42 Å². The molecule has 40 heavy (non-hydrogen) atoms. The molecule has 2 aromatic heterocycles. The SMILES string of the molecule is CC1=C(c2ccccc2)N(c2ccccc2)C(c2c(C)cccc2C)N1c1c(C)ccc2c1oc1ncccc12. The molecule has 7 rings (SSSR count). The first kappa shape index (κ1) is 24.2. The van der Waals surface area contributed by atoms with Gasteiger partial charge in [-0.2, -0.15) is 0 Å². The summed E-state index contributed by atoms with van der Waals surface area (Å²) in [5, 5.41) is 2.11. The number of para-hydroxylation sites is 1. The zero-order valence-corrected chi connectivity index (χ0v) is 23.2. The van der Waals surface area contributed by atoms with Crippen LogP contribution in [0.2, 0.25) is 0 Å². The summed E-state index contributed by atoms with van der Waals surface area (Å²) in [4.78, 5) is 9.55. The molecule has 0 spiro atoms. The molecule has 0 aliphatic carbocycles. The van der Waals surface area contributed by atoms with Crippen LogP contribution in [0.25, 0.3) is 27.8 Å². The first-order chi connectivity index (χ1) is 19.5. The van der Waals surface area contributed by atoms with E-state index in [0.717, 1.165) is 33.3 Å². The van der Waals surface area contributed by atoms with Crippen LogP contribution in [0.15, 0.2) is 119 Å². The highest BCUT2D eigenvalue weighted by Crippen LogP contribution is 2.52. The van der Waals surface area contributed by atoms with Crippen molar-refractivity contribution in [3.8, 4) is 0 Å². The molecule has 0 fully saturated rings. The minimum Gasteiger partial charge on any atom is -0.435 e. The average molecular weight is 522 g/mol. The standard InChI is InChI=1S/C36H31N3O/c1-23-13-11-14-24(2)31(23)36-38(32-25(3)20-21-29-30-19-12-22-37-35(30)40-34(29)32)26(4)33(27-15-7-5-8-16-27)39(36)28-17-9-6-10-18-28/h5-22,36H,1-4H3. The number of benzene rings is 4. The lowest BCUT2D eigenvalue weighted by atomic mass is 9.97. The molecule has 1 unspecified atom stereocenters. The van der Waals surface area contributed by atoms with E-state index in [1.54, 1.807) is 6.20 Å². The Kier molecular flexibility index (Phi) is 5.71. The van der Waals surface area contributed by atoms with Crippen molar-refractivity contribution in [2.24, 2.45) is 0 Å². The van der Waals surface area contributed by atoms with Crippen LogP contribution in [0.4, 0.5) is 11.4 Å². The van der Waals surface area contributed by atoms with Gasteiger partial charge in [-0.25, -0.2) is 4.98 Å². The van der Waals surface area contributed by atoms with Gasteiger partial charge in [0.05, 0.1) is 11.4 Å². The first-order valence-electron chi connectivity index (χ1n) is 13.8. The summed E-state index contributed by atoms with van der Waals surface area (Å²) in [6.07, 6.45) is 1.67. The number of nitrogens with zero attached hydrogens (tertiary/aromatic N) is 3. The largest absolute Gasteiger partial charge is 0.435 e. The summed E-state index contributed by atoms with van der Waals surface area (Å²) in [7, 11) is 0. The van der Waals surface area contributed by atoms with E-state index in [2.05, 4.69) is 140 Å². The zero-order valence-electron chi connectivity index (χ0n) is 23.2. The molecule has 4 nitrogen and oxygen atoms in total. The van der Waals surface area contributed by atoms with Crippen LogP contribution in [0.3, 0.4) is 0 Å². The maximum absolute atomic E-state index is 6.56. The fraction of sp³-hybridized carbons (Fsp3) is 0.139. The maximum atomic E-state index is 6.56. The predicted octanol–water partition coefficient (Wildman–Crippen LogP) is 9.32. The topological polar surface area (TPSA) is 32.5 Å². The summed E-state index contributed by atoms with van der Waals surface area (Å²) >= 11 is 0. The fourth-order valence-corrected chi connectivity index (χ4v) is 6.35. The van der Waals surface area contributed by atoms with Gasteiger partial charge in [-0.3, -0.25) is 0 Å². The number of fused-ring (bicyclic) bond motifs is 3. The molecular weight excluding hydrogens is 490 g/mol. The van der Waals surface area contributed by atoms with Gasteiger partial charge in [0, 0.05) is 33.9 Å². The number of aryl methyl sites for hydroxylation is 3. The molecule has 6 aromatic rings. The molecule has 0 bridgehead atoms. The van der Waals surface area contributed by atoms with Gasteiger partial charge in [0.15, 0.2) is 5.58 Å². The van der Waals surface area contributed by atoms with Gasteiger partial charge >= 0.3 is 0 Å². The number of hydrogen-bond acceptors (Lipinski definition) is 4. The number of allylic oxidation sites excluding steroid dienone is 1. The molecule has 1 aliphatic heterocycles. The van der Waals surface area contributed by atoms with Crippen LogP contribution < -0.4 is 9.80 Å². The van der Waals surface area contributed by atoms with Crippen LogP contribution in [0.1, 0.15) is 40.9 Å². The highest BCUT2D eigenvalue weighted by molar-refractivity contribution is 6.09. The van der Waals surface area contributed by atoms with Crippen molar-refractivity contribution in [3.05, 3.63) is 143 Å². The van der Waals surface area contributed by atoms with Crippen LogP contribution in [0, 0.1) is 20.8 Å². The summed E-state index contributed by atoms with van der Waals surface area (Å²) in [6.45, 7) is 8.86. The van der Waals surface area contributed by atoms with Crippen molar-refractivity contribution in [2.75, 3.05) is 9.80 Å². The number of rotatable bonds is 4. The van der Waals surface area contributed by atoms with Gasteiger partial charge in [-0.05, 0) is 74.2 Å². The number of hydrogen-bond donors (Lipinski definition) is 0. The van der Waals surface area contributed by atoms with Gasteiger partial charge in [0.1, 0.15) is 6.17 Å². The second kappa shape index (κ2) is 9.42. The molecule has 3 heterocycles. The first-order valence-corrected chi connectivity index (χ1v) is 13.8. The Morgan fingerprint density at radius 1 is 0.625 bits per heavy atom. The van der Waals surface area contributed by atoms with E-state index < -0.39 is 0 Å². The zero-order chi connectivity index (χ0) is 27.4. The van der Waals surface area contributed by atoms with Crippen LogP contribution in [0.5, 0.6) is 0 Å². The molecular formula is C36H31N3O. The van der Waals surface area contributed by atoms with Gasteiger partial charge in [-0.15, -0.1) is 0 Å². The minimum atomic E-state index is -0.121. The van der Waals surface area contributed by atoms with Crippen molar-refractivity contribution >= 4 is 39.1 Å². The molecule has 0 N–H and O–H groups in total. The van der Waals surface area contributed by atoms with E-state index in [1.807, 2.05) is 6.07 Å². The van der Waals surface area contributed by atoms with E-state index in [-0.39, 0.29) is 6.17 Å². The lowest BCUT2D eigenvalue weighted by Gasteiger charge is -2.37. The van der Waals surface area contributed by atoms with Crippen molar-refractivity contribution in [1.82, 2.24) is 4.98 Å². The Labute approximate surface area is 234 Å². The lowest BCUT2D eigenvalue weighted by molar-refractivity contribution is 0.645. The molecule has 4 heteroatoms. The predicted molar refractivity (Wildman–Crippen MR) is 165 cm³/mol. The Bertz CT molecular complexity index is 1880. The molecule has 0 amide bonds.